The first-order chi connectivity index (χ1) is 15.0. The zero-order chi connectivity index (χ0) is 21.8. The number of nitrogens with one attached hydrogen (secondary N) is 1. The average Bonchev–Trinajstić information content (AvgIpc) is 2.79. The van der Waals surface area contributed by atoms with Crippen molar-refractivity contribution in [1.29, 1.82) is 0 Å². The molecule has 0 aliphatic carbocycles. The second kappa shape index (κ2) is 9.12. The Morgan fingerprint density at radius 3 is 2.81 bits per heavy atom. The van der Waals surface area contributed by atoms with Gasteiger partial charge in [-0.25, -0.2) is 4.39 Å². The number of hydrogen-bond acceptors (Lipinski definition) is 4. The van der Waals surface area contributed by atoms with E-state index in [1.807, 2.05) is 36.1 Å². The summed E-state index contributed by atoms with van der Waals surface area (Å²) in [6, 6.07) is 16.9. The summed E-state index contributed by atoms with van der Waals surface area (Å²) in [4.78, 5) is 27.1. The zero-order valence-corrected chi connectivity index (χ0v) is 17.4. The second-order valence-corrected chi connectivity index (χ2v) is 7.85. The lowest BCUT2D eigenvalue weighted by atomic mass is 9.97. The largest absolute Gasteiger partial charge is 0.354 e. The van der Waals surface area contributed by atoms with Crippen LogP contribution in [-0.4, -0.2) is 28.8 Å². The molecule has 4 rings (SSSR count). The Balaban J connectivity index is 1.47. The molecule has 1 saturated heterocycles. The van der Waals surface area contributed by atoms with Crippen LogP contribution >= 0.6 is 0 Å². The molecule has 1 aliphatic heterocycles. The first-order valence-corrected chi connectivity index (χ1v) is 10.4. The van der Waals surface area contributed by atoms with Gasteiger partial charge < -0.3 is 10.2 Å². The lowest BCUT2D eigenvalue weighted by Crippen LogP contribution is -2.43. The molecule has 0 unspecified atom stereocenters. The van der Waals surface area contributed by atoms with Crippen LogP contribution in [0.3, 0.4) is 0 Å². The van der Waals surface area contributed by atoms with Crippen LogP contribution in [0, 0.1) is 18.7 Å². The lowest BCUT2D eigenvalue weighted by molar-refractivity contribution is -0.125. The van der Waals surface area contributed by atoms with Crippen LogP contribution in [0.1, 0.15) is 24.0 Å². The van der Waals surface area contributed by atoms with Gasteiger partial charge in [-0.3, -0.25) is 9.59 Å². The molecule has 160 valence electrons. The Bertz CT molecular complexity index is 1140. The summed E-state index contributed by atoms with van der Waals surface area (Å²) in [5, 5.41) is 7.49. The number of carbonyl (C=O) groups excluding carboxylic acids is 1. The van der Waals surface area contributed by atoms with Gasteiger partial charge in [-0.1, -0.05) is 30.3 Å². The Kier molecular flexibility index (Phi) is 6.11. The number of hydrogen-bond donors (Lipinski definition) is 1. The highest BCUT2D eigenvalue weighted by atomic mass is 19.1. The summed E-state index contributed by atoms with van der Waals surface area (Å²) in [5.74, 6) is 0.0285. The SMILES string of the molecule is Cc1ccccc1CNC(=O)[C@@H]1CCCN(c2ccc(=O)n(-c3cccc(F)c3)n2)C1. The predicted octanol–water partition coefficient (Wildman–Crippen LogP) is 3.21. The third kappa shape index (κ3) is 4.82. The molecule has 2 heterocycles. The van der Waals surface area contributed by atoms with Gasteiger partial charge in [0.05, 0.1) is 11.6 Å². The highest BCUT2D eigenvalue weighted by molar-refractivity contribution is 5.79. The third-order valence-electron chi connectivity index (χ3n) is 5.67. The molecule has 1 aliphatic rings. The molecule has 3 aromatic rings. The monoisotopic (exact) mass is 420 g/mol. The maximum atomic E-state index is 13.6. The van der Waals surface area contributed by atoms with Gasteiger partial charge in [-0.05, 0) is 55.2 Å². The molecule has 0 bridgehead atoms. The van der Waals surface area contributed by atoms with E-state index in [1.54, 1.807) is 18.2 Å². The maximum absolute atomic E-state index is 13.6. The van der Waals surface area contributed by atoms with E-state index in [-0.39, 0.29) is 17.4 Å². The molecule has 2 aromatic carbocycles. The van der Waals surface area contributed by atoms with Crippen LogP contribution in [-0.2, 0) is 11.3 Å². The lowest BCUT2D eigenvalue weighted by Gasteiger charge is -2.33. The number of anilines is 1. The van der Waals surface area contributed by atoms with E-state index in [4.69, 9.17) is 0 Å². The number of rotatable bonds is 5. The number of benzene rings is 2. The first-order valence-electron chi connectivity index (χ1n) is 10.4. The van der Waals surface area contributed by atoms with Gasteiger partial charge >= 0.3 is 0 Å². The Hall–Kier alpha value is -3.48. The van der Waals surface area contributed by atoms with Gasteiger partial charge in [0.15, 0.2) is 0 Å². The number of aromatic nitrogens is 2. The minimum absolute atomic E-state index is 0.0198. The van der Waals surface area contributed by atoms with Crippen LogP contribution < -0.4 is 15.8 Å². The summed E-state index contributed by atoms with van der Waals surface area (Å²) in [5.41, 5.74) is 2.29. The number of piperidine rings is 1. The number of aryl methyl sites for hydroxylation is 1. The Morgan fingerprint density at radius 2 is 2.00 bits per heavy atom. The quantitative estimate of drug-likeness (QED) is 0.688. The molecule has 1 amide bonds. The van der Waals surface area contributed by atoms with Gasteiger partial charge in [-0.15, -0.1) is 5.10 Å². The van der Waals surface area contributed by atoms with Gasteiger partial charge in [0.25, 0.3) is 5.56 Å². The molecule has 7 heteroatoms. The summed E-state index contributed by atoms with van der Waals surface area (Å²) >= 11 is 0. The molecule has 0 saturated carbocycles. The fraction of sp³-hybridized carbons (Fsp3) is 0.292. The molecule has 1 fully saturated rings. The summed E-state index contributed by atoms with van der Waals surface area (Å²) in [7, 11) is 0. The fourth-order valence-electron chi connectivity index (χ4n) is 3.90. The smallest absolute Gasteiger partial charge is 0.271 e. The molecule has 1 aromatic heterocycles. The zero-order valence-electron chi connectivity index (χ0n) is 17.4. The number of nitrogens with zero attached hydrogens (tertiary/aromatic N) is 3. The standard InChI is InChI=1S/C24H25FN4O2/c1-17-6-2-3-7-18(17)15-26-24(31)19-8-5-13-28(16-19)22-11-12-23(30)29(27-22)21-10-4-9-20(25)14-21/h2-4,6-7,9-12,14,19H,5,8,13,15-16H2,1H3,(H,26,31)/t19-/m1/s1. The van der Waals surface area contributed by atoms with Crippen LogP contribution in [0.5, 0.6) is 0 Å². The molecular weight excluding hydrogens is 395 g/mol. The van der Waals surface area contributed by atoms with Crippen LogP contribution in [0.2, 0.25) is 0 Å². The van der Waals surface area contributed by atoms with Gasteiger partial charge in [0.2, 0.25) is 5.91 Å². The minimum atomic E-state index is -0.431. The fourth-order valence-corrected chi connectivity index (χ4v) is 3.90. The van der Waals surface area contributed by atoms with Gasteiger partial charge in [-0.2, -0.15) is 4.68 Å². The van der Waals surface area contributed by atoms with Gasteiger partial charge in [0.1, 0.15) is 11.6 Å². The number of halogens is 1. The van der Waals surface area contributed by atoms with Crippen LogP contribution in [0.4, 0.5) is 10.2 Å². The van der Waals surface area contributed by atoms with Crippen molar-refractivity contribution in [3.63, 3.8) is 0 Å². The van der Waals surface area contributed by atoms with E-state index < -0.39 is 5.82 Å². The minimum Gasteiger partial charge on any atom is -0.354 e. The van der Waals surface area contributed by atoms with Crippen molar-refractivity contribution in [2.24, 2.45) is 5.92 Å². The first kappa shape index (κ1) is 20.8. The average molecular weight is 420 g/mol. The molecule has 6 nitrogen and oxygen atoms in total. The summed E-state index contributed by atoms with van der Waals surface area (Å²) in [6.07, 6.45) is 1.66. The van der Waals surface area contributed by atoms with Crippen LogP contribution in [0.15, 0.2) is 65.5 Å². The van der Waals surface area contributed by atoms with Crippen molar-refractivity contribution in [2.75, 3.05) is 18.0 Å². The molecule has 0 spiro atoms. The number of carbonyl (C=O) groups is 1. The van der Waals surface area contributed by atoms with E-state index in [9.17, 15) is 14.0 Å². The highest BCUT2D eigenvalue weighted by Gasteiger charge is 2.27. The van der Waals surface area contributed by atoms with E-state index in [2.05, 4.69) is 10.4 Å². The molecular formula is C24H25FN4O2. The predicted molar refractivity (Wildman–Crippen MR) is 118 cm³/mol. The van der Waals surface area contributed by atoms with Crippen LogP contribution in [0.25, 0.3) is 5.69 Å². The van der Waals surface area contributed by atoms with E-state index in [0.29, 0.717) is 24.6 Å². The van der Waals surface area contributed by atoms with E-state index >= 15 is 0 Å². The van der Waals surface area contributed by atoms with Gasteiger partial charge in [0, 0.05) is 25.7 Å². The third-order valence-corrected chi connectivity index (χ3v) is 5.67. The highest BCUT2D eigenvalue weighted by Crippen LogP contribution is 2.22. The molecule has 0 radical (unpaired) electrons. The molecule has 1 atom stereocenters. The summed E-state index contributed by atoms with van der Waals surface area (Å²) in [6.45, 7) is 3.80. The Morgan fingerprint density at radius 1 is 1.16 bits per heavy atom. The van der Waals surface area contributed by atoms with Crippen molar-refractivity contribution in [2.45, 2.75) is 26.3 Å². The molecule has 1 N–H and O–H groups in total. The van der Waals surface area contributed by atoms with E-state index in [0.717, 1.165) is 30.5 Å². The van der Waals surface area contributed by atoms with Crippen molar-refractivity contribution >= 4 is 11.7 Å². The second-order valence-electron chi connectivity index (χ2n) is 7.85. The Labute approximate surface area is 180 Å². The normalized spacial score (nSPS) is 16.2. The van der Waals surface area contributed by atoms with Crippen molar-refractivity contribution in [1.82, 2.24) is 15.1 Å². The number of amides is 1. The topological polar surface area (TPSA) is 67.2 Å². The van der Waals surface area contributed by atoms with Crippen molar-refractivity contribution < 1.29 is 9.18 Å². The van der Waals surface area contributed by atoms with Crippen molar-refractivity contribution in [3.05, 3.63) is 88.0 Å². The van der Waals surface area contributed by atoms with Crippen molar-refractivity contribution in [3.8, 4) is 5.69 Å². The molecule has 31 heavy (non-hydrogen) atoms. The summed E-state index contributed by atoms with van der Waals surface area (Å²) < 4.78 is 14.8. The van der Waals surface area contributed by atoms with E-state index in [1.165, 1.54) is 22.9 Å². The maximum Gasteiger partial charge on any atom is 0.271 e.